The molecule has 0 aliphatic heterocycles. The second-order valence-corrected chi connectivity index (χ2v) is 22.7. The fourth-order valence-corrected chi connectivity index (χ4v) is 14.3. The third kappa shape index (κ3) is 8.04. The number of hydrogen-bond donors (Lipinski definition) is 1. The van der Waals surface area contributed by atoms with Crippen LogP contribution < -0.4 is 0 Å². The molecule has 4 saturated carbocycles. The Bertz CT molecular complexity index is 1870. The number of hydrogen-bond acceptors (Lipinski definition) is 8. The van der Waals surface area contributed by atoms with Gasteiger partial charge in [-0.25, -0.2) is 0 Å². The number of carboxylic acids is 1. The number of aliphatic carboxylic acids is 1. The zero-order chi connectivity index (χ0) is 44.4. The first-order valence-corrected chi connectivity index (χ1v) is 23.2. The molecule has 0 saturated heterocycles. The highest BCUT2D eigenvalue weighted by Gasteiger charge is 2.71. The molecule has 1 N–H and O–H groups in total. The van der Waals surface area contributed by atoms with Gasteiger partial charge in [0.25, 0.3) is 0 Å². The van der Waals surface area contributed by atoms with Gasteiger partial charge >= 0.3 is 17.9 Å². The molecule has 0 aromatic heterocycles. The van der Waals surface area contributed by atoms with E-state index in [4.69, 9.17) is 21.1 Å². The smallest absolute Gasteiger partial charge is 0.309 e. The standard InChI is InChI=1S/C50H75ClN2O7/c1-31(2)42-36(55)27-50(40(59-32(3)54)30-53(26-25-52(11)12)29-33-15-13-14-16-35(33)51)24-23-48(9)34(43(42)50)17-18-38-47(8)21-20-39(60-41(56)28-45(4,5)44(57)58)46(6,7)37(47)19-22-49(38,48)10/h13-16,31,34,37-40H,17-30H2,1-12H3,(H,57,58)/t34-,37+,38-,39+,40?,47+,48-,49-,50+/m1/s1. The van der Waals surface area contributed by atoms with Crippen molar-refractivity contribution in [2.75, 3.05) is 33.7 Å². The van der Waals surface area contributed by atoms with Gasteiger partial charge in [0.15, 0.2) is 5.78 Å². The van der Waals surface area contributed by atoms with Crippen LogP contribution in [-0.4, -0.2) is 84.5 Å². The van der Waals surface area contributed by atoms with Crippen LogP contribution in [0.15, 0.2) is 35.4 Å². The highest BCUT2D eigenvalue weighted by atomic mass is 35.5. The van der Waals surface area contributed by atoms with Gasteiger partial charge in [0, 0.05) is 55.4 Å². The minimum Gasteiger partial charge on any atom is -0.481 e. The van der Waals surface area contributed by atoms with Crippen molar-refractivity contribution >= 4 is 35.3 Å². The summed E-state index contributed by atoms with van der Waals surface area (Å²) in [4.78, 5) is 57.4. The van der Waals surface area contributed by atoms with Gasteiger partial charge in [0.2, 0.25) is 0 Å². The summed E-state index contributed by atoms with van der Waals surface area (Å²) < 4.78 is 12.7. The molecule has 9 nitrogen and oxygen atoms in total. The van der Waals surface area contributed by atoms with E-state index in [1.54, 1.807) is 13.8 Å². The van der Waals surface area contributed by atoms with Gasteiger partial charge in [-0.05, 0) is 142 Å². The van der Waals surface area contributed by atoms with Crippen molar-refractivity contribution in [3.05, 3.63) is 46.0 Å². The van der Waals surface area contributed by atoms with E-state index < -0.39 is 28.9 Å². The number of carbonyl (C=O) groups excluding carboxylic acids is 3. The number of fused-ring (bicyclic) bond motifs is 7. The first kappa shape index (κ1) is 46.7. The fraction of sp³-hybridized carbons (Fsp3) is 0.760. The Labute approximate surface area is 365 Å². The highest BCUT2D eigenvalue weighted by Crippen LogP contribution is 2.77. The van der Waals surface area contributed by atoms with Gasteiger partial charge in [-0.3, -0.25) is 24.1 Å². The molecule has 10 heteroatoms. The van der Waals surface area contributed by atoms with Crippen LogP contribution in [0.2, 0.25) is 5.02 Å². The number of ether oxygens (including phenoxy) is 2. The van der Waals surface area contributed by atoms with Crippen LogP contribution in [0.3, 0.4) is 0 Å². The number of halogens is 1. The molecular weight excluding hydrogens is 776 g/mol. The first-order valence-electron chi connectivity index (χ1n) is 22.8. The van der Waals surface area contributed by atoms with Crippen LogP contribution in [0.1, 0.15) is 139 Å². The van der Waals surface area contributed by atoms with Crippen LogP contribution in [0.5, 0.6) is 0 Å². The summed E-state index contributed by atoms with van der Waals surface area (Å²) in [7, 11) is 4.14. The zero-order valence-corrected chi connectivity index (χ0v) is 39.6. The fourth-order valence-electron chi connectivity index (χ4n) is 14.1. The molecule has 1 unspecified atom stereocenters. The molecule has 4 fully saturated rings. The minimum atomic E-state index is -1.18. The lowest BCUT2D eigenvalue weighted by molar-refractivity contribution is -0.235. The predicted molar refractivity (Wildman–Crippen MR) is 236 cm³/mol. The summed E-state index contributed by atoms with van der Waals surface area (Å²) >= 11 is 6.74. The number of nitrogens with zero attached hydrogens (tertiary/aromatic N) is 2. The largest absolute Gasteiger partial charge is 0.481 e. The van der Waals surface area contributed by atoms with E-state index in [1.165, 1.54) is 12.5 Å². The maximum Gasteiger partial charge on any atom is 0.309 e. The summed E-state index contributed by atoms with van der Waals surface area (Å²) in [6.07, 6.45) is 7.04. The normalized spacial score (nSPS) is 34.2. The lowest BCUT2D eigenvalue weighted by Crippen LogP contribution is -2.66. The summed E-state index contributed by atoms with van der Waals surface area (Å²) in [6, 6.07) is 7.95. The van der Waals surface area contributed by atoms with E-state index in [-0.39, 0.29) is 57.8 Å². The van der Waals surface area contributed by atoms with Gasteiger partial charge in [-0.15, -0.1) is 0 Å². The maximum atomic E-state index is 14.6. The Hall–Kier alpha value is -2.75. The number of ketones is 1. The average Bonchev–Trinajstić information content (AvgIpc) is 3.45. The lowest BCUT2D eigenvalue weighted by Gasteiger charge is -2.72. The molecule has 0 radical (unpaired) electrons. The first-order chi connectivity index (χ1) is 27.8. The van der Waals surface area contributed by atoms with Crippen LogP contribution in [0, 0.1) is 56.2 Å². The monoisotopic (exact) mass is 851 g/mol. The Balaban J connectivity index is 1.34. The summed E-state index contributed by atoms with van der Waals surface area (Å²) in [5, 5.41) is 10.4. The van der Waals surface area contributed by atoms with Crippen molar-refractivity contribution in [3.8, 4) is 0 Å². The number of Topliss-reactive ketones (excluding diaryl/α,β-unsaturated/α-hetero) is 1. The molecule has 6 rings (SSSR count). The average molecular weight is 852 g/mol. The molecule has 334 valence electrons. The number of allylic oxidation sites excluding steroid dienone is 1. The Kier molecular flexibility index (Phi) is 13.0. The number of carboxylic acid groups (broad SMARTS) is 1. The summed E-state index contributed by atoms with van der Waals surface area (Å²) in [5.74, 6) is -0.492. The SMILES string of the molecule is CC(=O)OC(CN(CCN(C)C)Cc1ccccc1Cl)[C@@]12CC[C@]3(C)[C@H](CC[C@@H]4[C@@]5(C)CC[C@H](OC(=O)CC(C)(C)C(=O)O)C(C)(C)[C@@H]5CC[C@]43C)C1=C(C(C)C)C(=O)C2. The Morgan fingerprint density at radius 2 is 1.60 bits per heavy atom. The number of rotatable bonds is 14. The second kappa shape index (κ2) is 16.7. The van der Waals surface area contributed by atoms with Crippen molar-refractivity contribution in [2.45, 2.75) is 152 Å². The molecule has 0 bridgehead atoms. The Morgan fingerprint density at radius 3 is 2.22 bits per heavy atom. The van der Waals surface area contributed by atoms with Crippen molar-refractivity contribution in [3.63, 3.8) is 0 Å². The van der Waals surface area contributed by atoms with E-state index in [2.05, 4.69) is 78.4 Å². The molecule has 0 amide bonds. The highest BCUT2D eigenvalue weighted by molar-refractivity contribution is 6.31. The van der Waals surface area contributed by atoms with Crippen molar-refractivity contribution in [1.29, 1.82) is 0 Å². The van der Waals surface area contributed by atoms with Crippen molar-refractivity contribution < 1.29 is 33.8 Å². The molecular formula is C50H75ClN2O7. The van der Waals surface area contributed by atoms with E-state index in [0.29, 0.717) is 36.4 Å². The van der Waals surface area contributed by atoms with Gasteiger partial charge < -0.3 is 19.5 Å². The van der Waals surface area contributed by atoms with Crippen LogP contribution >= 0.6 is 11.6 Å². The van der Waals surface area contributed by atoms with Crippen molar-refractivity contribution in [1.82, 2.24) is 9.80 Å². The zero-order valence-electron chi connectivity index (χ0n) is 38.8. The maximum absolute atomic E-state index is 14.6. The van der Waals surface area contributed by atoms with Crippen molar-refractivity contribution in [2.24, 2.45) is 56.2 Å². The third-order valence-corrected chi connectivity index (χ3v) is 17.8. The summed E-state index contributed by atoms with van der Waals surface area (Å²) in [6.45, 7) is 23.9. The molecule has 9 atom stereocenters. The van der Waals surface area contributed by atoms with Gasteiger partial charge in [0.05, 0.1) is 11.8 Å². The van der Waals surface area contributed by atoms with E-state index in [0.717, 1.165) is 75.6 Å². The molecule has 0 heterocycles. The van der Waals surface area contributed by atoms with Gasteiger partial charge in [0.1, 0.15) is 12.2 Å². The van der Waals surface area contributed by atoms with E-state index >= 15 is 0 Å². The van der Waals surface area contributed by atoms with E-state index in [9.17, 15) is 24.3 Å². The van der Waals surface area contributed by atoms with Crippen LogP contribution in [0.4, 0.5) is 0 Å². The van der Waals surface area contributed by atoms with Gasteiger partial charge in [-0.2, -0.15) is 0 Å². The third-order valence-electron chi connectivity index (χ3n) is 17.4. The lowest BCUT2D eigenvalue weighted by atomic mass is 9.33. The topological polar surface area (TPSA) is 113 Å². The molecule has 5 aliphatic rings. The Morgan fingerprint density at radius 1 is 0.917 bits per heavy atom. The summed E-state index contributed by atoms with van der Waals surface area (Å²) in [5.41, 5.74) is 1.21. The number of esters is 2. The van der Waals surface area contributed by atoms with E-state index in [1.807, 2.05) is 18.2 Å². The number of carbonyl (C=O) groups is 4. The quantitative estimate of drug-likeness (QED) is 0.183. The molecule has 1 aromatic carbocycles. The number of benzene rings is 1. The second-order valence-electron chi connectivity index (χ2n) is 22.3. The van der Waals surface area contributed by atoms with Crippen LogP contribution in [-0.2, 0) is 35.2 Å². The predicted octanol–water partition coefficient (Wildman–Crippen LogP) is 10.0. The van der Waals surface area contributed by atoms with Gasteiger partial charge in [-0.1, -0.05) is 78.3 Å². The van der Waals surface area contributed by atoms with Crippen LogP contribution in [0.25, 0.3) is 0 Å². The molecule has 60 heavy (non-hydrogen) atoms. The molecule has 1 aromatic rings. The minimum absolute atomic E-state index is 0.00209. The molecule has 0 spiro atoms. The molecule has 5 aliphatic carbocycles. The number of likely N-dealkylation sites (N-methyl/N-ethyl adjacent to an activating group) is 1.